The highest BCUT2D eigenvalue weighted by atomic mass is 32.1. The van der Waals surface area contributed by atoms with Gasteiger partial charge in [-0.3, -0.25) is 0 Å². The first-order valence-corrected chi connectivity index (χ1v) is 2.19. The highest BCUT2D eigenvalue weighted by Gasteiger charge is 1.51. The Balaban J connectivity index is 0. The third kappa shape index (κ3) is 214. The van der Waals surface area contributed by atoms with Crippen LogP contribution in [0.2, 0.25) is 0 Å². The van der Waals surface area contributed by atoms with Crippen LogP contribution in [-0.4, -0.2) is 0 Å². The minimum absolute atomic E-state index is 1.17. The Morgan fingerprint density at radius 3 is 1.71 bits per heavy atom. The van der Waals surface area contributed by atoms with Crippen molar-refractivity contribution in [1.82, 2.24) is 0 Å². The van der Waals surface area contributed by atoms with Crippen LogP contribution >= 0.6 is 0 Å². The standard InChI is InChI=1S/C4H8.CHNS/c1-4(2)3;2-1-3/h1H2,2-3H3;3H/p-1. The van der Waals surface area contributed by atoms with Gasteiger partial charge in [-0.05, 0) is 13.8 Å². The minimum Gasteiger partial charge on any atom is -0.696 e. The van der Waals surface area contributed by atoms with Crippen LogP contribution in [0.25, 0.3) is 0 Å². The zero-order valence-electron chi connectivity index (χ0n) is 4.56. The second kappa shape index (κ2) is 9.07. The van der Waals surface area contributed by atoms with Crippen molar-refractivity contribution in [2.75, 3.05) is 0 Å². The number of hydrogen-bond donors (Lipinski definition) is 0. The van der Waals surface area contributed by atoms with Gasteiger partial charge in [-0.25, -0.2) is 5.26 Å². The summed E-state index contributed by atoms with van der Waals surface area (Å²) < 4.78 is 0. The molecule has 0 fully saturated rings. The van der Waals surface area contributed by atoms with Gasteiger partial charge in [-0.2, -0.15) is 0 Å². The zero-order valence-corrected chi connectivity index (χ0v) is 5.38. The summed E-state index contributed by atoms with van der Waals surface area (Å²) in [5.74, 6) is 0. The van der Waals surface area contributed by atoms with E-state index in [0.29, 0.717) is 0 Å². The van der Waals surface area contributed by atoms with Crippen molar-refractivity contribution in [2.24, 2.45) is 0 Å². The molecule has 1 nitrogen and oxygen atoms in total. The Morgan fingerprint density at radius 1 is 1.71 bits per heavy atom. The molecule has 7 heavy (non-hydrogen) atoms. The van der Waals surface area contributed by atoms with Crippen molar-refractivity contribution in [3.05, 3.63) is 12.2 Å². The molecule has 0 radical (unpaired) electrons. The van der Waals surface area contributed by atoms with E-state index >= 15 is 0 Å². The van der Waals surface area contributed by atoms with Crippen molar-refractivity contribution in [2.45, 2.75) is 13.8 Å². The molecule has 0 unspecified atom stereocenters. The van der Waals surface area contributed by atoms with Crippen LogP contribution in [0.1, 0.15) is 13.8 Å². The summed E-state index contributed by atoms with van der Waals surface area (Å²) >= 11 is 3.70. The lowest BCUT2D eigenvalue weighted by atomic mass is 10.4. The summed E-state index contributed by atoms with van der Waals surface area (Å²) in [6.07, 6.45) is 0. The molecule has 0 saturated heterocycles. The number of allylic oxidation sites excluding steroid dienone is 1. The van der Waals surface area contributed by atoms with E-state index in [1.54, 1.807) is 0 Å². The summed E-state index contributed by atoms with van der Waals surface area (Å²) in [6, 6.07) is 0. The number of nitriles is 1. The van der Waals surface area contributed by atoms with Gasteiger partial charge in [0.1, 0.15) is 0 Å². The van der Waals surface area contributed by atoms with Gasteiger partial charge in [0.05, 0.1) is 0 Å². The predicted molar refractivity (Wildman–Crippen MR) is 33.5 cm³/mol. The van der Waals surface area contributed by atoms with Crippen molar-refractivity contribution >= 4 is 12.6 Å². The maximum absolute atomic E-state index is 7.13. The highest BCUT2D eigenvalue weighted by Crippen LogP contribution is 1.73. The summed E-state index contributed by atoms with van der Waals surface area (Å²) in [5.41, 5.74) is 1.17. The van der Waals surface area contributed by atoms with E-state index in [0.717, 1.165) is 0 Å². The molecule has 0 N–H and O–H groups in total. The van der Waals surface area contributed by atoms with E-state index < -0.39 is 0 Å². The Morgan fingerprint density at radius 2 is 1.71 bits per heavy atom. The molecule has 0 aromatic carbocycles. The molecule has 0 rings (SSSR count). The second-order valence-corrected chi connectivity index (χ2v) is 1.48. The Bertz CT molecular complexity index is 76.6. The summed E-state index contributed by atoms with van der Waals surface area (Å²) in [5, 5.41) is 8.47. The Kier molecular flexibility index (Phi) is 12.5. The first-order chi connectivity index (χ1) is 3.15. The van der Waals surface area contributed by atoms with Crippen LogP contribution < -0.4 is 0 Å². The van der Waals surface area contributed by atoms with Crippen LogP contribution in [-0.2, 0) is 12.6 Å². The molecule has 40 valence electrons. The van der Waals surface area contributed by atoms with E-state index in [4.69, 9.17) is 5.26 Å². The van der Waals surface area contributed by atoms with Crippen LogP contribution in [0.15, 0.2) is 12.2 Å². The molecule has 0 aliphatic rings. The molecular formula is C5H8NS-. The topological polar surface area (TPSA) is 23.8 Å². The van der Waals surface area contributed by atoms with Crippen molar-refractivity contribution in [3.8, 4) is 5.40 Å². The van der Waals surface area contributed by atoms with E-state index in [1.165, 1.54) is 11.0 Å². The molecule has 0 heterocycles. The fourth-order valence-corrected chi connectivity index (χ4v) is 0. The monoisotopic (exact) mass is 114 g/mol. The molecule has 0 amide bonds. The maximum atomic E-state index is 7.13. The maximum Gasteiger partial charge on any atom is -0.0445 e. The lowest BCUT2D eigenvalue weighted by Gasteiger charge is -1.65. The summed E-state index contributed by atoms with van der Waals surface area (Å²) in [4.78, 5) is 0. The quantitative estimate of drug-likeness (QED) is 0.271. The normalized spacial score (nSPS) is 4.71. The van der Waals surface area contributed by atoms with Crippen molar-refractivity contribution < 1.29 is 0 Å². The van der Waals surface area contributed by atoms with Gasteiger partial charge >= 0.3 is 0 Å². The van der Waals surface area contributed by atoms with Crippen LogP contribution in [0.4, 0.5) is 0 Å². The smallest absolute Gasteiger partial charge is 0.0445 e. The van der Waals surface area contributed by atoms with Gasteiger partial charge < -0.3 is 12.6 Å². The second-order valence-electron chi connectivity index (χ2n) is 1.30. The zero-order chi connectivity index (χ0) is 6.28. The summed E-state index contributed by atoms with van der Waals surface area (Å²) in [7, 11) is 0. The number of nitrogens with zero attached hydrogens (tertiary/aromatic N) is 1. The lowest BCUT2D eigenvalue weighted by molar-refractivity contribution is 1.42. The van der Waals surface area contributed by atoms with E-state index in [1.807, 2.05) is 13.8 Å². The highest BCUT2D eigenvalue weighted by molar-refractivity contribution is 7.64. The van der Waals surface area contributed by atoms with Crippen LogP contribution in [0, 0.1) is 10.7 Å². The average molecular weight is 114 g/mol. The van der Waals surface area contributed by atoms with Gasteiger partial charge in [0.2, 0.25) is 0 Å². The van der Waals surface area contributed by atoms with E-state index in [9.17, 15) is 0 Å². The predicted octanol–water partition coefficient (Wildman–Crippen LogP) is 1.60. The van der Waals surface area contributed by atoms with Gasteiger partial charge in [0.25, 0.3) is 0 Å². The molecule has 0 aromatic rings. The molecule has 0 aliphatic carbocycles. The molecule has 0 saturated carbocycles. The first-order valence-electron chi connectivity index (χ1n) is 1.78. The SMILES string of the molecule is C=C(C)C.N#C[S-]. The number of rotatable bonds is 0. The molecule has 0 atom stereocenters. The third-order valence-electron chi connectivity index (χ3n) is 0. The van der Waals surface area contributed by atoms with E-state index in [-0.39, 0.29) is 0 Å². The molecule has 0 aliphatic heterocycles. The fraction of sp³-hybridized carbons (Fsp3) is 0.400. The Hall–Kier alpha value is -0.550. The fourth-order valence-electron chi connectivity index (χ4n) is 0. The number of hydrogen-bond acceptors (Lipinski definition) is 2. The van der Waals surface area contributed by atoms with Crippen LogP contribution in [0.3, 0.4) is 0 Å². The van der Waals surface area contributed by atoms with Crippen molar-refractivity contribution in [3.63, 3.8) is 0 Å². The third-order valence-corrected chi connectivity index (χ3v) is 0. The minimum atomic E-state index is 1.17. The average Bonchev–Trinajstić information content (AvgIpc) is 1.33. The van der Waals surface area contributed by atoms with Gasteiger partial charge in [-0.15, -0.1) is 6.58 Å². The summed E-state index contributed by atoms with van der Waals surface area (Å²) in [6.45, 7) is 7.50. The first kappa shape index (κ1) is 9.67. The molecule has 0 spiro atoms. The molecule has 0 bridgehead atoms. The molecule has 2 heteroatoms. The lowest BCUT2D eigenvalue weighted by Crippen LogP contribution is -1.43. The van der Waals surface area contributed by atoms with Gasteiger partial charge in [0.15, 0.2) is 0 Å². The Labute approximate surface area is 50.1 Å². The largest absolute Gasteiger partial charge is 0.696 e. The van der Waals surface area contributed by atoms with Gasteiger partial charge in [-0.1, -0.05) is 11.0 Å². The molecule has 0 aromatic heterocycles. The molecular weight excluding hydrogens is 106 g/mol. The van der Waals surface area contributed by atoms with Crippen molar-refractivity contribution in [1.29, 1.82) is 5.26 Å². The van der Waals surface area contributed by atoms with Crippen LogP contribution in [0.5, 0.6) is 0 Å². The number of thiocyanates is 1. The van der Waals surface area contributed by atoms with Gasteiger partial charge in [0, 0.05) is 0 Å². The van der Waals surface area contributed by atoms with E-state index in [2.05, 4.69) is 19.2 Å².